The zero-order valence-corrected chi connectivity index (χ0v) is 7.12. The van der Waals surface area contributed by atoms with E-state index in [4.69, 9.17) is 0 Å². The van der Waals surface area contributed by atoms with Crippen LogP contribution in [0.5, 0.6) is 0 Å². The molecule has 0 aliphatic heterocycles. The Kier molecular flexibility index (Phi) is 1.93. The van der Waals surface area contributed by atoms with Crippen LogP contribution in [-0.2, 0) is 17.6 Å². The van der Waals surface area contributed by atoms with E-state index >= 15 is 0 Å². The van der Waals surface area contributed by atoms with E-state index in [-0.39, 0.29) is 5.78 Å². The second-order valence-corrected chi connectivity index (χ2v) is 3.26. The molecule has 2 rings (SSSR count). The highest BCUT2D eigenvalue weighted by molar-refractivity contribution is 5.83. The zero-order valence-electron chi connectivity index (χ0n) is 7.12. The van der Waals surface area contributed by atoms with Gasteiger partial charge in [0.05, 0.1) is 0 Å². The van der Waals surface area contributed by atoms with E-state index in [1.165, 1.54) is 5.56 Å². The molecule has 66 valence electrons. The summed E-state index contributed by atoms with van der Waals surface area (Å²) >= 11 is 0. The normalized spacial score (nSPS) is 15.2. The Morgan fingerprint density at radius 1 is 1.15 bits per heavy atom. The summed E-state index contributed by atoms with van der Waals surface area (Å²) in [6, 6.07) is 5.29. The molecular formula is C10H9NO2. The smallest absolute Gasteiger partial charge is 0.137 e. The lowest BCUT2D eigenvalue weighted by Gasteiger charge is -2.13. The molecule has 0 radical (unpaired) electrons. The number of hydrogen-bond acceptors (Lipinski definition) is 3. The van der Waals surface area contributed by atoms with Gasteiger partial charge in [-0.15, -0.1) is 4.91 Å². The third kappa shape index (κ3) is 1.49. The van der Waals surface area contributed by atoms with Crippen molar-refractivity contribution in [3.8, 4) is 0 Å². The van der Waals surface area contributed by atoms with Gasteiger partial charge in [0.1, 0.15) is 11.5 Å². The fourth-order valence-electron chi connectivity index (χ4n) is 1.65. The van der Waals surface area contributed by atoms with Gasteiger partial charge in [0.2, 0.25) is 0 Å². The molecule has 0 fully saturated rings. The lowest BCUT2D eigenvalue weighted by molar-refractivity contribution is -0.118. The Hall–Kier alpha value is -1.51. The van der Waals surface area contributed by atoms with Gasteiger partial charge < -0.3 is 0 Å². The number of benzene rings is 1. The molecule has 0 spiro atoms. The van der Waals surface area contributed by atoms with Crippen LogP contribution in [0.15, 0.2) is 23.4 Å². The van der Waals surface area contributed by atoms with E-state index in [0.29, 0.717) is 18.5 Å². The van der Waals surface area contributed by atoms with Crippen LogP contribution in [0.3, 0.4) is 0 Å². The molecule has 0 N–H and O–H groups in total. The predicted octanol–water partition coefficient (Wildman–Crippen LogP) is 2.14. The SMILES string of the molecule is O=Nc1ccc2c(c1)CC(=O)CC2. The maximum absolute atomic E-state index is 11.1. The van der Waals surface area contributed by atoms with Crippen molar-refractivity contribution in [2.24, 2.45) is 5.18 Å². The van der Waals surface area contributed by atoms with Crippen LogP contribution in [0.4, 0.5) is 5.69 Å². The molecule has 0 saturated carbocycles. The average Bonchev–Trinajstić information content (AvgIpc) is 2.16. The van der Waals surface area contributed by atoms with Crippen molar-refractivity contribution in [2.75, 3.05) is 0 Å². The van der Waals surface area contributed by atoms with Crippen LogP contribution >= 0.6 is 0 Å². The number of Topliss-reactive ketones (excluding diaryl/α,β-unsaturated/α-hetero) is 1. The van der Waals surface area contributed by atoms with Gasteiger partial charge in [-0.25, -0.2) is 0 Å². The summed E-state index contributed by atoms with van der Waals surface area (Å²) in [4.78, 5) is 21.4. The summed E-state index contributed by atoms with van der Waals surface area (Å²) in [6.07, 6.45) is 1.88. The largest absolute Gasteiger partial charge is 0.299 e. The van der Waals surface area contributed by atoms with Crippen molar-refractivity contribution < 1.29 is 4.79 Å². The highest BCUT2D eigenvalue weighted by atomic mass is 16.3. The molecule has 0 amide bonds. The molecule has 1 aliphatic rings. The molecule has 3 heteroatoms. The minimum Gasteiger partial charge on any atom is -0.299 e. The summed E-state index contributed by atoms with van der Waals surface area (Å²) in [5.41, 5.74) is 2.55. The van der Waals surface area contributed by atoms with Gasteiger partial charge >= 0.3 is 0 Å². The quantitative estimate of drug-likeness (QED) is 0.614. The van der Waals surface area contributed by atoms with Crippen LogP contribution in [0.1, 0.15) is 17.5 Å². The molecule has 0 saturated heterocycles. The Labute approximate surface area is 75.7 Å². The first-order chi connectivity index (χ1) is 6.29. The van der Waals surface area contributed by atoms with Crippen molar-refractivity contribution >= 4 is 11.5 Å². The van der Waals surface area contributed by atoms with Gasteiger partial charge in [0.15, 0.2) is 0 Å². The Morgan fingerprint density at radius 2 is 2.00 bits per heavy atom. The first-order valence-electron chi connectivity index (χ1n) is 4.26. The van der Waals surface area contributed by atoms with E-state index in [2.05, 4.69) is 5.18 Å². The van der Waals surface area contributed by atoms with Crippen LogP contribution in [0.2, 0.25) is 0 Å². The Balaban J connectivity index is 2.43. The Bertz CT molecular complexity index is 371. The maximum atomic E-state index is 11.1. The number of hydrogen-bond donors (Lipinski definition) is 0. The first-order valence-corrected chi connectivity index (χ1v) is 4.26. The molecule has 1 aliphatic carbocycles. The standard InChI is InChI=1S/C10H9NO2/c12-10-4-2-7-1-3-9(11-13)5-8(7)6-10/h1,3,5H,2,4,6H2. The molecule has 13 heavy (non-hydrogen) atoms. The summed E-state index contributed by atoms with van der Waals surface area (Å²) in [6.45, 7) is 0. The van der Waals surface area contributed by atoms with Gasteiger partial charge in [-0.3, -0.25) is 4.79 Å². The topological polar surface area (TPSA) is 46.5 Å². The Morgan fingerprint density at radius 3 is 2.77 bits per heavy atom. The summed E-state index contributed by atoms with van der Waals surface area (Å²) < 4.78 is 0. The van der Waals surface area contributed by atoms with Crippen LogP contribution in [0, 0.1) is 4.91 Å². The number of nitrogens with zero attached hydrogens (tertiary/aromatic N) is 1. The third-order valence-corrected chi connectivity index (χ3v) is 2.36. The highest BCUT2D eigenvalue weighted by Gasteiger charge is 2.15. The zero-order chi connectivity index (χ0) is 9.26. The minimum absolute atomic E-state index is 0.246. The number of carbonyl (C=O) groups is 1. The van der Waals surface area contributed by atoms with Gasteiger partial charge in [-0.1, -0.05) is 6.07 Å². The van der Waals surface area contributed by atoms with Crippen LogP contribution in [-0.4, -0.2) is 5.78 Å². The van der Waals surface area contributed by atoms with Crippen molar-refractivity contribution in [3.05, 3.63) is 34.2 Å². The van der Waals surface area contributed by atoms with Gasteiger partial charge in [-0.2, -0.15) is 0 Å². The molecular weight excluding hydrogens is 166 g/mol. The fourth-order valence-corrected chi connectivity index (χ4v) is 1.65. The van der Waals surface area contributed by atoms with E-state index in [1.54, 1.807) is 12.1 Å². The number of fused-ring (bicyclic) bond motifs is 1. The molecule has 0 atom stereocenters. The average molecular weight is 175 g/mol. The molecule has 1 aromatic rings. The molecule has 1 aromatic carbocycles. The highest BCUT2D eigenvalue weighted by Crippen LogP contribution is 2.23. The van der Waals surface area contributed by atoms with Crippen molar-refractivity contribution in [3.63, 3.8) is 0 Å². The molecule has 0 heterocycles. The van der Waals surface area contributed by atoms with Gasteiger partial charge in [-0.05, 0) is 34.9 Å². The minimum atomic E-state index is 0.246. The molecule has 0 aromatic heterocycles. The summed E-state index contributed by atoms with van der Waals surface area (Å²) in [5.74, 6) is 0.246. The van der Waals surface area contributed by atoms with E-state index in [1.807, 2.05) is 6.07 Å². The number of ketones is 1. The number of aryl methyl sites for hydroxylation is 1. The number of carbonyl (C=O) groups excluding carboxylic acids is 1. The van der Waals surface area contributed by atoms with Gasteiger partial charge in [0, 0.05) is 12.8 Å². The molecule has 3 nitrogen and oxygen atoms in total. The number of nitroso groups, excluding NO2 is 1. The molecule has 0 unspecified atom stereocenters. The van der Waals surface area contributed by atoms with Gasteiger partial charge in [0.25, 0.3) is 0 Å². The predicted molar refractivity (Wildman–Crippen MR) is 48.9 cm³/mol. The second kappa shape index (κ2) is 3.09. The van der Waals surface area contributed by atoms with E-state index < -0.39 is 0 Å². The first kappa shape index (κ1) is 8.10. The second-order valence-electron chi connectivity index (χ2n) is 3.26. The monoisotopic (exact) mass is 175 g/mol. The maximum Gasteiger partial charge on any atom is 0.137 e. The van der Waals surface area contributed by atoms with E-state index in [0.717, 1.165) is 12.0 Å². The van der Waals surface area contributed by atoms with Crippen LogP contribution < -0.4 is 0 Å². The molecule has 0 bridgehead atoms. The third-order valence-electron chi connectivity index (χ3n) is 2.36. The number of rotatable bonds is 1. The van der Waals surface area contributed by atoms with Crippen molar-refractivity contribution in [1.29, 1.82) is 0 Å². The summed E-state index contributed by atoms with van der Waals surface area (Å²) in [7, 11) is 0. The summed E-state index contributed by atoms with van der Waals surface area (Å²) in [5, 5.41) is 2.84. The lowest BCUT2D eigenvalue weighted by Crippen LogP contribution is -2.12. The lowest BCUT2D eigenvalue weighted by atomic mass is 9.91. The van der Waals surface area contributed by atoms with E-state index in [9.17, 15) is 9.70 Å². The van der Waals surface area contributed by atoms with Crippen LogP contribution in [0.25, 0.3) is 0 Å². The van der Waals surface area contributed by atoms with Crippen molar-refractivity contribution in [1.82, 2.24) is 0 Å². The fraction of sp³-hybridized carbons (Fsp3) is 0.300. The van der Waals surface area contributed by atoms with Crippen molar-refractivity contribution in [2.45, 2.75) is 19.3 Å².